The zero-order chi connectivity index (χ0) is 9.68. The van der Waals surface area contributed by atoms with Crippen LogP contribution in [0.5, 0.6) is 0 Å². The number of aliphatic hydroxyl groups is 2. The van der Waals surface area contributed by atoms with Crippen LogP contribution in [0.2, 0.25) is 0 Å². The molecule has 2 N–H and O–H groups in total. The maximum absolute atomic E-state index is 9.70. The molecule has 1 aliphatic heterocycles. The van der Waals surface area contributed by atoms with Gasteiger partial charge in [-0.05, 0) is 18.8 Å². The number of aliphatic hydroxyl groups excluding tert-OH is 2. The van der Waals surface area contributed by atoms with Gasteiger partial charge in [-0.1, -0.05) is 13.3 Å². The fourth-order valence-electron chi connectivity index (χ4n) is 2.09. The monoisotopic (exact) mass is 187 g/mol. The summed E-state index contributed by atoms with van der Waals surface area (Å²) >= 11 is 0. The number of hydrogen-bond acceptors (Lipinski definition) is 3. The van der Waals surface area contributed by atoms with E-state index in [1.54, 1.807) is 0 Å². The average Bonchev–Trinajstić information content (AvgIpc) is 2.12. The van der Waals surface area contributed by atoms with E-state index in [-0.39, 0.29) is 12.7 Å². The molecule has 0 unspecified atom stereocenters. The normalized spacial score (nSPS) is 30.7. The second kappa shape index (κ2) is 5.58. The number of nitrogens with zero attached hydrogens (tertiary/aromatic N) is 1. The summed E-state index contributed by atoms with van der Waals surface area (Å²) in [6.07, 6.45) is 2.98. The van der Waals surface area contributed by atoms with Crippen molar-refractivity contribution < 1.29 is 10.2 Å². The molecule has 1 rings (SSSR count). The van der Waals surface area contributed by atoms with E-state index in [9.17, 15) is 5.11 Å². The van der Waals surface area contributed by atoms with Gasteiger partial charge in [-0.3, -0.25) is 0 Å². The third-order valence-electron chi connectivity index (χ3n) is 2.85. The highest BCUT2D eigenvalue weighted by atomic mass is 16.3. The molecular formula is C10H21NO2. The Labute approximate surface area is 80.4 Å². The molecule has 3 nitrogen and oxygen atoms in total. The lowest BCUT2D eigenvalue weighted by Crippen LogP contribution is -2.44. The highest BCUT2D eigenvalue weighted by Gasteiger charge is 2.26. The van der Waals surface area contributed by atoms with Crippen LogP contribution in [0.4, 0.5) is 0 Å². The summed E-state index contributed by atoms with van der Waals surface area (Å²) in [5.74, 6) is 0.422. The smallest absolute Gasteiger partial charge is 0.0592 e. The molecule has 0 bridgehead atoms. The summed E-state index contributed by atoms with van der Waals surface area (Å²) in [7, 11) is 0. The van der Waals surface area contributed by atoms with Crippen molar-refractivity contribution in [2.45, 2.75) is 32.3 Å². The van der Waals surface area contributed by atoms with Gasteiger partial charge >= 0.3 is 0 Å². The Morgan fingerprint density at radius 2 is 2.23 bits per heavy atom. The summed E-state index contributed by atoms with van der Waals surface area (Å²) in [5.41, 5.74) is 0. The van der Waals surface area contributed by atoms with Gasteiger partial charge in [0.2, 0.25) is 0 Å². The number of piperidine rings is 1. The Hall–Kier alpha value is -0.120. The van der Waals surface area contributed by atoms with E-state index < -0.39 is 0 Å². The highest BCUT2D eigenvalue weighted by Crippen LogP contribution is 2.21. The molecule has 2 atom stereocenters. The molecule has 1 heterocycles. The minimum absolute atomic E-state index is 0.116. The number of hydrogen-bond donors (Lipinski definition) is 2. The maximum Gasteiger partial charge on any atom is 0.0592 e. The maximum atomic E-state index is 9.70. The molecule has 0 aliphatic carbocycles. The lowest BCUT2D eigenvalue weighted by atomic mass is 9.91. The van der Waals surface area contributed by atoms with E-state index in [4.69, 9.17) is 5.11 Å². The van der Waals surface area contributed by atoms with Gasteiger partial charge in [-0.25, -0.2) is 0 Å². The Kier molecular flexibility index (Phi) is 4.70. The van der Waals surface area contributed by atoms with Gasteiger partial charge in [0.25, 0.3) is 0 Å². The first-order valence-electron chi connectivity index (χ1n) is 5.29. The molecule has 0 spiro atoms. The highest BCUT2D eigenvalue weighted by molar-refractivity contribution is 4.79. The summed E-state index contributed by atoms with van der Waals surface area (Å²) in [6, 6.07) is 0. The molecule has 1 saturated heterocycles. The Morgan fingerprint density at radius 1 is 1.46 bits per heavy atom. The largest absolute Gasteiger partial charge is 0.395 e. The fourth-order valence-corrected chi connectivity index (χ4v) is 2.09. The summed E-state index contributed by atoms with van der Waals surface area (Å²) < 4.78 is 0. The molecule has 0 aromatic rings. The van der Waals surface area contributed by atoms with Crippen molar-refractivity contribution in [1.82, 2.24) is 4.90 Å². The molecule has 0 saturated carbocycles. The van der Waals surface area contributed by atoms with Crippen LogP contribution < -0.4 is 0 Å². The zero-order valence-electron chi connectivity index (χ0n) is 8.45. The van der Waals surface area contributed by atoms with E-state index in [0.29, 0.717) is 5.92 Å². The van der Waals surface area contributed by atoms with Gasteiger partial charge in [-0.2, -0.15) is 0 Å². The topological polar surface area (TPSA) is 43.7 Å². The van der Waals surface area contributed by atoms with Crippen LogP contribution in [-0.2, 0) is 0 Å². The number of likely N-dealkylation sites (tertiary alicyclic amines) is 1. The van der Waals surface area contributed by atoms with Crippen LogP contribution in [0.3, 0.4) is 0 Å². The van der Waals surface area contributed by atoms with Gasteiger partial charge in [-0.15, -0.1) is 0 Å². The fraction of sp³-hybridized carbons (Fsp3) is 1.00. The quantitative estimate of drug-likeness (QED) is 0.672. The molecule has 0 aromatic carbocycles. The lowest BCUT2D eigenvalue weighted by molar-refractivity contribution is 0.0173. The van der Waals surface area contributed by atoms with Crippen LogP contribution in [0, 0.1) is 5.92 Å². The van der Waals surface area contributed by atoms with Crippen LogP contribution >= 0.6 is 0 Å². The van der Waals surface area contributed by atoms with Crippen LogP contribution in [0.25, 0.3) is 0 Å². The second-order valence-corrected chi connectivity index (χ2v) is 3.93. The summed E-state index contributed by atoms with van der Waals surface area (Å²) in [5, 5.41) is 18.5. The van der Waals surface area contributed by atoms with Crippen molar-refractivity contribution in [2.24, 2.45) is 5.92 Å². The standard InChI is InChI=1S/C10H21NO2/c1-2-3-9-8-11(6-7-12)5-4-10(9)13/h9-10,12-13H,2-8H2,1H3/t9-,10+/m1/s1. The van der Waals surface area contributed by atoms with Crippen molar-refractivity contribution >= 4 is 0 Å². The Balaban J connectivity index is 2.33. The van der Waals surface area contributed by atoms with E-state index in [0.717, 1.165) is 38.9 Å². The number of β-amino-alcohol motifs (C(OH)–C–C–N with tert-alkyl or cyclic N) is 1. The Morgan fingerprint density at radius 3 is 2.85 bits per heavy atom. The Bertz CT molecular complexity index is 141. The first kappa shape index (κ1) is 11.0. The van der Waals surface area contributed by atoms with Gasteiger partial charge in [0.15, 0.2) is 0 Å². The first-order valence-corrected chi connectivity index (χ1v) is 5.29. The van der Waals surface area contributed by atoms with Crippen molar-refractivity contribution in [3.05, 3.63) is 0 Å². The molecule has 0 amide bonds. The summed E-state index contributed by atoms with van der Waals surface area (Å²) in [4.78, 5) is 2.24. The molecule has 0 radical (unpaired) electrons. The first-order chi connectivity index (χ1) is 6.27. The van der Waals surface area contributed by atoms with Crippen LogP contribution in [0.1, 0.15) is 26.2 Å². The molecule has 13 heavy (non-hydrogen) atoms. The van der Waals surface area contributed by atoms with E-state index in [2.05, 4.69) is 11.8 Å². The molecular weight excluding hydrogens is 166 g/mol. The van der Waals surface area contributed by atoms with Crippen molar-refractivity contribution in [3.8, 4) is 0 Å². The van der Waals surface area contributed by atoms with E-state index in [1.165, 1.54) is 0 Å². The lowest BCUT2D eigenvalue weighted by Gasteiger charge is -2.35. The van der Waals surface area contributed by atoms with Gasteiger partial charge in [0.1, 0.15) is 0 Å². The van der Waals surface area contributed by atoms with Gasteiger partial charge in [0, 0.05) is 19.6 Å². The zero-order valence-corrected chi connectivity index (χ0v) is 8.45. The van der Waals surface area contributed by atoms with Crippen LogP contribution in [-0.4, -0.2) is 47.5 Å². The third-order valence-corrected chi connectivity index (χ3v) is 2.85. The molecule has 78 valence electrons. The van der Waals surface area contributed by atoms with Crippen molar-refractivity contribution in [3.63, 3.8) is 0 Å². The van der Waals surface area contributed by atoms with E-state index in [1.807, 2.05) is 0 Å². The predicted molar refractivity (Wildman–Crippen MR) is 52.5 cm³/mol. The number of rotatable bonds is 4. The minimum Gasteiger partial charge on any atom is -0.395 e. The summed E-state index contributed by atoms with van der Waals surface area (Å²) in [6.45, 7) is 5.02. The molecule has 1 aliphatic rings. The van der Waals surface area contributed by atoms with Crippen molar-refractivity contribution in [1.29, 1.82) is 0 Å². The SMILES string of the molecule is CCC[C@@H]1CN(CCO)CC[C@@H]1O. The predicted octanol–water partition coefficient (Wildman–Crippen LogP) is 0.462. The molecule has 1 fully saturated rings. The molecule has 3 heteroatoms. The average molecular weight is 187 g/mol. The van der Waals surface area contributed by atoms with Gasteiger partial charge in [0.05, 0.1) is 12.7 Å². The van der Waals surface area contributed by atoms with Gasteiger partial charge < -0.3 is 15.1 Å². The second-order valence-electron chi connectivity index (χ2n) is 3.93. The van der Waals surface area contributed by atoms with E-state index >= 15 is 0 Å². The van der Waals surface area contributed by atoms with Crippen LogP contribution in [0.15, 0.2) is 0 Å². The third kappa shape index (κ3) is 3.25. The van der Waals surface area contributed by atoms with Crippen molar-refractivity contribution in [2.75, 3.05) is 26.2 Å². The minimum atomic E-state index is -0.116. The molecule has 0 aromatic heterocycles.